The van der Waals surface area contributed by atoms with Gasteiger partial charge in [-0.05, 0) is 17.7 Å². The lowest BCUT2D eigenvalue weighted by Crippen LogP contribution is -2.43. The molecule has 1 aromatic carbocycles. The summed E-state index contributed by atoms with van der Waals surface area (Å²) in [5, 5.41) is 2.41. The van der Waals surface area contributed by atoms with Gasteiger partial charge in [0.05, 0.1) is 14.2 Å². The second-order valence-corrected chi connectivity index (χ2v) is 5.12. The van der Waals surface area contributed by atoms with Crippen molar-refractivity contribution in [3.8, 4) is 5.88 Å². The van der Waals surface area contributed by atoms with Gasteiger partial charge in [0.25, 0.3) is 5.91 Å². The Morgan fingerprint density at radius 2 is 1.84 bits per heavy atom. The van der Waals surface area contributed by atoms with Crippen LogP contribution in [0.2, 0.25) is 0 Å². The minimum Gasteiger partial charge on any atom is -0.481 e. The quantitative estimate of drug-likeness (QED) is 0.805. The zero-order chi connectivity index (χ0) is 18.4. The Morgan fingerprint density at radius 3 is 2.36 bits per heavy atom. The Balaban J connectivity index is 2.16. The van der Waals surface area contributed by atoms with Gasteiger partial charge in [-0.3, -0.25) is 4.79 Å². The first-order valence-electron chi connectivity index (χ1n) is 7.26. The molecule has 1 amide bonds. The third-order valence-electron chi connectivity index (χ3n) is 3.36. The van der Waals surface area contributed by atoms with Crippen LogP contribution < -0.4 is 10.1 Å². The van der Waals surface area contributed by atoms with Crippen molar-refractivity contribution in [2.75, 3.05) is 14.2 Å². The summed E-state index contributed by atoms with van der Waals surface area (Å²) in [6.07, 6.45) is 1.58. The number of amides is 1. The molecule has 2 aromatic rings. The van der Waals surface area contributed by atoms with Gasteiger partial charge in [-0.1, -0.05) is 6.07 Å². The molecule has 0 unspecified atom stereocenters. The van der Waals surface area contributed by atoms with Gasteiger partial charge in [0.15, 0.2) is 0 Å². The number of aromatic nitrogens is 1. The molecule has 0 aliphatic carbocycles. The molecule has 0 fully saturated rings. The van der Waals surface area contributed by atoms with Crippen molar-refractivity contribution in [1.29, 1.82) is 0 Å². The van der Waals surface area contributed by atoms with E-state index in [1.165, 1.54) is 20.4 Å². The molecule has 1 atom stereocenters. The molecule has 8 heteroatoms. The Morgan fingerprint density at radius 1 is 1.16 bits per heavy atom. The summed E-state index contributed by atoms with van der Waals surface area (Å²) in [6.45, 7) is 0. The molecule has 0 aliphatic heterocycles. The Kier molecular flexibility index (Phi) is 5.99. The average Bonchev–Trinajstić information content (AvgIpc) is 2.60. The third kappa shape index (κ3) is 4.97. The third-order valence-corrected chi connectivity index (χ3v) is 3.36. The fourth-order valence-corrected chi connectivity index (χ4v) is 2.15. The van der Waals surface area contributed by atoms with Crippen LogP contribution in [0.3, 0.4) is 0 Å². The van der Waals surface area contributed by atoms with Gasteiger partial charge >= 0.3 is 5.97 Å². The van der Waals surface area contributed by atoms with E-state index in [1.807, 2.05) is 0 Å². The number of carbonyl (C=O) groups is 2. The highest BCUT2D eigenvalue weighted by atomic mass is 19.1. The Hall–Kier alpha value is -3.03. The molecule has 1 heterocycles. The van der Waals surface area contributed by atoms with Crippen LogP contribution in [0.5, 0.6) is 5.88 Å². The summed E-state index contributed by atoms with van der Waals surface area (Å²) in [5.41, 5.74) is 0.404. The van der Waals surface area contributed by atoms with Crippen LogP contribution in [-0.2, 0) is 16.0 Å². The second kappa shape index (κ2) is 8.18. The molecule has 132 valence electrons. The largest absolute Gasteiger partial charge is 0.481 e. The van der Waals surface area contributed by atoms with Gasteiger partial charge in [0.1, 0.15) is 17.7 Å². The van der Waals surface area contributed by atoms with Gasteiger partial charge in [0, 0.05) is 30.3 Å². The first-order valence-corrected chi connectivity index (χ1v) is 7.26. The molecule has 0 saturated carbocycles. The minimum absolute atomic E-state index is 0.0905. The molecule has 0 aliphatic rings. The van der Waals surface area contributed by atoms with Crippen molar-refractivity contribution in [2.45, 2.75) is 12.5 Å². The molecule has 6 nitrogen and oxygen atoms in total. The van der Waals surface area contributed by atoms with Crippen LogP contribution in [0.1, 0.15) is 15.9 Å². The van der Waals surface area contributed by atoms with Crippen molar-refractivity contribution in [3.05, 3.63) is 59.3 Å². The van der Waals surface area contributed by atoms with E-state index >= 15 is 0 Å². The zero-order valence-corrected chi connectivity index (χ0v) is 13.6. The lowest BCUT2D eigenvalue weighted by molar-refractivity contribution is -0.142. The summed E-state index contributed by atoms with van der Waals surface area (Å²) in [5.74, 6) is -2.87. The number of benzene rings is 1. The van der Waals surface area contributed by atoms with E-state index in [1.54, 1.807) is 12.1 Å². The van der Waals surface area contributed by atoms with Gasteiger partial charge in [-0.15, -0.1) is 0 Å². The standard InChI is InChI=1S/C17H16F2N2O4/c1-24-15-4-3-10(9-20-15)5-14(17(23)25-2)21-16(22)11-6-12(18)8-13(19)7-11/h3-4,6-9,14H,5H2,1-2H3,(H,21,22)/t14-/m0/s1. The van der Waals surface area contributed by atoms with Crippen molar-refractivity contribution >= 4 is 11.9 Å². The summed E-state index contributed by atoms with van der Waals surface area (Å²) in [7, 11) is 2.65. The summed E-state index contributed by atoms with van der Waals surface area (Å²) < 4.78 is 36.1. The average molecular weight is 350 g/mol. The molecule has 2 rings (SSSR count). The first kappa shape index (κ1) is 18.3. The summed E-state index contributed by atoms with van der Waals surface area (Å²) in [4.78, 5) is 28.1. The molecule has 0 saturated heterocycles. The number of ether oxygens (including phenoxy) is 2. The first-order chi connectivity index (χ1) is 11.9. The lowest BCUT2D eigenvalue weighted by Gasteiger charge is -2.16. The van der Waals surface area contributed by atoms with Crippen molar-refractivity contribution in [1.82, 2.24) is 10.3 Å². The van der Waals surface area contributed by atoms with E-state index in [0.29, 0.717) is 17.5 Å². The minimum atomic E-state index is -1.04. The molecule has 0 spiro atoms. The van der Waals surface area contributed by atoms with Crippen molar-refractivity contribution in [3.63, 3.8) is 0 Å². The van der Waals surface area contributed by atoms with Crippen molar-refractivity contribution in [2.24, 2.45) is 0 Å². The molecule has 25 heavy (non-hydrogen) atoms. The maximum atomic E-state index is 13.2. The van der Waals surface area contributed by atoms with E-state index in [2.05, 4.69) is 15.0 Å². The number of carbonyl (C=O) groups excluding carboxylic acids is 2. The van der Waals surface area contributed by atoms with Crippen LogP contribution in [0.4, 0.5) is 8.78 Å². The number of esters is 1. The van der Waals surface area contributed by atoms with E-state index in [4.69, 9.17) is 4.74 Å². The maximum absolute atomic E-state index is 13.2. The smallest absolute Gasteiger partial charge is 0.328 e. The van der Waals surface area contributed by atoms with Gasteiger partial charge in [0.2, 0.25) is 5.88 Å². The number of halogens is 2. The Bertz CT molecular complexity index is 745. The molecule has 1 aromatic heterocycles. The molecule has 1 N–H and O–H groups in total. The number of nitrogens with zero attached hydrogens (tertiary/aromatic N) is 1. The highest BCUT2D eigenvalue weighted by molar-refractivity contribution is 5.96. The van der Waals surface area contributed by atoms with Crippen molar-refractivity contribution < 1.29 is 27.8 Å². The summed E-state index contributed by atoms with van der Waals surface area (Å²) in [6, 6.07) is 4.64. The predicted molar refractivity (Wildman–Crippen MR) is 84.1 cm³/mol. The van der Waals surface area contributed by atoms with E-state index in [0.717, 1.165) is 12.1 Å². The molecule has 0 bridgehead atoms. The number of rotatable bonds is 6. The Labute approximate surface area is 142 Å². The van der Waals surface area contributed by atoms with Gasteiger partial charge < -0.3 is 14.8 Å². The van der Waals surface area contributed by atoms with E-state index in [-0.39, 0.29) is 12.0 Å². The van der Waals surface area contributed by atoms with Crippen LogP contribution in [0.25, 0.3) is 0 Å². The SMILES string of the molecule is COC(=O)[C@H](Cc1ccc(OC)nc1)NC(=O)c1cc(F)cc(F)c1. The van der Waals surface area contributed by atoms with Gasteiger partial charge in [-0.2, -0.15) is 0 Å². The van der Waals surface area contributed by atoms with Crippen LogP contribution in [0, 0.1) is 11.6 Å². The highest BCUT2D eigenvalue weighted by Crippen LogP contribution is 2.11. The maximum Gasteiger partial charge on any atom is 0.328 e. The normalized spacial score (nSPS) is 11.5. The highest BCUT2D eigenvalue weighted by Gasteiger charge is 2.23. The lowest BCUT2D eigenvalue weighted by atomic mass is 10.1. The van der Waals surface area contributed by atoms with Crippen LogP contribution in [0.15, 0.2) is 36.5 Å². The predicted octanol–water partition coefficient (Wildman–Crippen LogP) is 1.88. The van der Waals surface area contributed by atoms with Crippen LogP contribution >= 0.6 is 0 Å². The summed E-state index contributed by atoms with van der Waals surface area (Å²) >= 11 is 0. The van der Waals surface area contributed by atoms with Gasteiger partial charge in [-0.25, -0.2) is 18.6 Å². The molecule has 0 radical (unpaired) electrons. The monoisotopic (exact) mass is 350 g/mol. The fraction of sp³-hybridized carbons (Fsp3) is 0.235. The second-order valence-electron chi connectivity index (χ2n) is 5.12. The number of nitrogens with one attached hydrogen (secondary N) is 1. The molecular formula is C17H16F2N2O4. The topological polar surface area (TPSA) is 77.5 Å². The van der Waals surface area contributed by atoms with E-state index in [9.17, 15) is 18.4 Å². The number of hydrogen-bond acceptors (Lipinski definition) is 5. The van der Waals surface area contributed by atoms with E-state index < -0.39 is 29.6 Å². The number of pyridine rings is 1. The fourth-order valence-electron chi connectivity index (χ4n) is 2.15. The number of methoxy groups -OCH3 is 2. The molecular weight excluding hydrogens is 334 g/mol. The number of hydrogen-bond donors (Lipinski definition) is 1. The van der Waals surface area contributed by atoms with Crippen LogP contribution in [-0.4, -0.2) is 37.1 Å². The zero-order valence-electron chi connectivity index (χ0n) is 13.6.